The third-order valence-corrected chi connectivity index (χ3v) is 4.85. The number of nitrogens with zero attached hydrogens (tertiary/aromatic N) is 5. The molecule has 2 heterocycles. The Morgan fingerprint density at radius 2 is 1.64 bits per heavy atom. The molecule has 2 aromatic carbocycles. The zero-order valence-corrected chi connectivity index (χ0v) is 14.7. The smallest absolute Gasteiger partial charge is 0.199 e. The molecule has 0 aliphatic rings. The molecule has 4 aromatic rings. The summed E-state index contributed by atoms with van der Waals surface area (Å²) in [6.45, 7) is 0. The Labute approximate surface area is 153 Å². The number of rotatable bonds is 5. The first-order chi connectivity index (χ1) is 12.3. The van der Waals surface area contributed by atoms with Crippen molar-refractivity contribution in [2.75, 3.05) is 0 Å². The maximum atomic E-state index is 5.37. The Morgan fingerprint density at radius 1 is 0.960 bits per heavy atom. The number of benzene rings is 2. The number of para-hydroxylation sites is 2. The minimum absolute atomic E-state index is 0.575. The highest BCUT2D eigenvalue weighted by Gasteiger charge is 2.12. The lowest BCUT2D eigenvalue weighted by Crippen LogP contribution is -2.01. The van der Waals surface area contributed by atoms with Gasteiger partial charge in [0.2, 0.25) is 0 Å². The van der Waals surface area contributed by atoms with Crippen LogP contribution in [0.15, 0.2) is 72.1 Å². The SMILES string of the molecule is S=c1[nH]nc(CSc2nncn2-c2ccccc2)n1-c1ccccc1. The number of aromatic nitrogens is 6. The second kappa shape index (κ2) is 7.04. The van der Waals surface area contributed by atoms with Crippen molar-refractivity contribution in [1.29, 1.82) is 0 Å². The zero-order valence-electron chi connectivity index (χ0n) is 13.1. The number of hydrogen-bond acceptors (Lipinski definition) is 5. The van der Waals surface area contributed by atoms with E-state index in [1.54, 1.807) is 18.1 Å². The van der Waals surface area contributed by atoms with Crippen molar-refractivity contribution in [3.8, 4) is 11.4 Å². The first kappa shape index (κ1) is 15.8. The largest absolute Gasteiger partial charge is 0.277 e. The van der Waals surface area contributed by atoms with E-state index in [2.05, 4.69) is 20.4 Å². The fourth-order valence-corrected chi connectivity index (χ4v) is 3.59. The molecule has 8 heteroatoms. The topological polar surface area (TPSA) is 64.3 Å². The average Bonchev–Trinajstić information content (AvgIpc) is 3.28. The molecule has 6 nitrogen and oxygen atoms in total. The summed E-state index contributed by atoms with van der Waals surface area (Å²) in [7, 11) is 0. The van der Waals surface area contributed by atoms with Gasteiger partial charge in [-0.2, -0.15) is 5.10 Å². The first-order valence-electron chi connectivity index (χ1n) is 7.63. The molecular formula is C17H14N6S2. The van der Waals surface area contributed by atoms with Crippen molar-refractivity contribution in [2.45, 2.75) is 10.9 Å². The lowest BCUT2D eigenvalue weighted by molar-refractivity contribution is 0.877. The van der Waals surface area contributed by atoms with Crippen LogP contribution in [0.5, 0.6) is 0 Å². The van der Waals surface area contributed by atoms with E-state index < -0.39 is 0 Å². The molecule has 0 spiro atoms. The number of hydrogen-bond donors (Lipinski definition) is 1. The Balaban J connectivity index is 1.60. The minimum Gasteiger partial charge on any atom is -0.277 e. The third-order valence-electron chi connectivity index (χ3n) is 3.64. The van der Waals surface area contributed by atoms with Crippen LogP contribution in [0.25, 0.3) is 11.4 Å². The van der Waals surface area contributed by atoms with Gasteiger partial charge >= 0.3 is 0 Å². The molecule has 4 rings (SSSR count). The van der Waals surface area contributed by atoms with Crippen LogP contribution in [0.1, 0.15) is 5.82 Å². The maximum Gasteiger partial charge on any atom is 0.199 e. The molecule has 124 valence electrons. The van der Waals surface area contributed by atoms with Gasteiger partial charge in [-0.3, -0.25) is 14.2 Å². The molecule has 0 atom stereocenters. The monoisotopic (exact) mass is 366 g/mol. The first-order valence-corrected chi connectivity index (χ1v) is 9.02. The van der Waals surface area contributed by atoms with Crippen molar-refractivity contribution in [1.82, 2.24) is 29.5 Å². The van der Waals surface area contributed by atoms with Gasteiger partial charge < -0.3 is 0 Å². The van der Waals surface area contributed by atoms with Gasteiger partial charge in [0.25, 0.3) is 0 Å². The summed E-state index contributed by atoms with van der Waals surface area (Å²) >= 11 is 6.94. The Hall–Kier alpha value is -2.71. The average molecular weight is 366 g/mol. The molecule has 0 bridgehead atoms. The molecule has 0 saturated carbocycles. The number of H-pyrrole nitrogens is 1. The molecule has 0 amide bonds. The molecule has 0 radical (unpaired) electrons. The van der Waals surface area contributed by atoms with Crippen LogP contribution < -0.4 is 0 Å². The second-order valence-corrected chi connectivity index (χ2v) is 6.55. The van der Waals surface area contributed by atoms with Gasteiger partial charge in [0.15, 0.2) is 9.93 Å². The Morgan fingerprint density at radius 3 is 2.36 bits per heavy atom. The van der Waals surface area contributed by atoms with Crippen molar-refractivity contribution in [3.63, 3.8) is 0 Å². The fourth-order valence-electron chi connectivity index (χ4n) is 2.49. The number of nitrogens with one attached hydrogen (secondary N) is 1. The van der Waals surface area contributed by atoms with Crippen LogP contribution in [-0.2, 0) is 5.75 Å². The van der Waals surface area contributed by atoms with E-state index in [1.165, 1.54) is 0 Å². The molecule has 2 aromatic heterocycles. The van der Waals surface area contributed by atoms with Crippen LogP contribution in [-0.4, -0.2) is 29.5 Å². The molecular weight excluding hydrogens is 352 g/mol. The van der Waals surface area contributed by atoms with Crippen LogP contribution >= 0.6 is 24.0 Å². The standard InChI is InChI=1S/C17H14N6S2/c24-16-20-19-15(23(16)14-9-5-2-6-10-14)11-25-17-21-18-12-22(17)13-7-3-1-4-8-13/h1-10,12H,11H2,(H,20,24). The zero-order chi connectivity index (χ0) is 17.1. The van der Waals surface area contributed by atoms with Crippen molar-refractivity contribution in [3.05, 3.63) is 77.6 Å². The lowest BCUT2D eigenvalue weighted by atomic mass is 10.3. The van der Waals surface area contributed by atoms with Gasteiger partial charge in [-0.05, 0) is 36.5 Å². The highest BCUT2D eigenvalue weighted by atomic mass is 32.2. The Bertz CT molecular complexity index is 1020. The van der Waals surface area contributed by atoms with E-state index in [9.17, 15) is 0 Å². The summed E-state index contributed by atoms with van der Waals surface area (Å²) in [4.78, 5) is 0. The van der Waals surface area contributed by atoms with Gasteiger partial charge in [-0.15, -0.1) is 10.2 Å². The summed E-state index contributed by atoms with van der Waals surface area (Å²) in [6, 6.07) is 20.0. The highest BCUT2D eigenvalue weighted by molar-refractivity contribution is 7.98. The van der Waals surface area contributed by atoms with E-state index in [0.717, 1.165) is 22.4 Å². The summed E-state index contributed by atoms with van der Waals surface area (Å²) in [6.07, 6.45) is 1.71. The maximum absolute atomic E-state index is 5.37. The van der Waals surface area contributed by atoms with Gasteiger partial charge in [0.1, 0.15) is 12.2 Å². The summed E-state index contributed by atoms with van der Waals surface area (Å²) < 4.78 is 4.47. The van der Waals surface area contributed by atoms with Gasteiger partial charge in [-0.25, -0.2) is 0 Å². The van der Waals surface area contributed by atoms with E-state index in [4.69, 9.17) is 12.2 Å². The fraction of sp³-hybridized carbons (Fsp3) is 0.0588. The highest BCUT2D eigenvalue weighted by Crippen LogP contribution is 2.23. The quantitative estimate of drug-likeness (QED) is 0.430. The Kier molecular flexibility index (Phi) is 4.45. The van der Waals surface area contributed by atoms with Gasteiger partial charge in [0, 0.05) is 11.4 Å². The second-order valence-electron chi connectivity index (χ2n) is 5.22. The third kappa shape index (κ3) is 3.26. The lowest BCUT2D eigenvalue weighted by Gasteiger charge is -2.07. The molecule has 0 fully saturated rings. The van der Waals surface area contributed by atoms with Gasteiger partial charge in [-0.1, -0.05) is 48.2 Å². The van der Waals surface area contributed by atoms with E-state index in [1.807, 2.05) is 69.8 Å². The molecule has 0 aliphatic heterocycles. The molecule has 0 aliphatic carbocycles. The van der Waals surface area contributed by atoms with Crippen molar-refractivity contribution in [2.24, 2.45) is 0 Å². The van der Waals surface area contributed by atoms with Crippen LogP contribution in [0.3, 0.4) is 0 Å². The normalized spacial score (nSPS) is 10.9. The van der Waals surface area contributed by atoms with E-state index >= 15 is 0 Å². The molecule has 25 heavy (non-hydrogen) atoms. The van der Waals surface area contributed by atoms with Crippen LogP contribution in [0.2, 0.25) is 0 Å². The van der Waals surface area contributed by atoms with E-state index in [0.29, 0.717) is 10.5 Å². The van der Waals surface area contributed by atoms with Crippen LogP contribution in [0.4, 0.5) is 0 Å². The van der Waals surface area contributed by atoms with Gasteiger partial charge in [0.05, 0.1) is 5.75 Å². The predicted octanol–water partition coefficient (Wildman–Crippen LogP) is 3.80. The van der Waals surface area contributed by atoms with Crippen LogP contribution in [0, 0.1) is 4.77 Å². The summed E-state index contributed by atoms with van der Waals surface area (Å²) in [5.74, 6) is 1.46. The molecule has 0 unspecified atom stereocenters. The predicted molar refractivity (Wildman–Crippen MR) is 99.7 cm³/mol. The molecule has 0 saturated heterocycles. The number of aromatic amines is 1. The number of thioether (sulfide) groups is 1. The minimum atomic E-state index is 0.575. The summed E-state index contributed by atoms with van der Waals surface area (Å²) in [5, 5.41) is 16.3. The van der Waals surface area contributed by atoms with Crippen molar-refractivity contribution >= 4 is 24.0 Å². The van der Waals surface area contributed by atoms with Crippen molar-refractivity contribution < 1.29 is 0 Å². The molecule has 1 N–H and O–H groups in total. The summed E-state index contributed by atoms with van der Waals surface area (Å²) in [5.41, 5.74) is 2.01. The van der Waals surface area contributed by atoms with E-state index in [-0.39, 0.29) is 0 Å².